The molecular weight excluding hydrogens is 546 g/mol. The molecule has 1 fully saturated rings. The predicted molar refractivity (Wildman–Crippen MR) is 165 cm³/mol. The first-order valence-corrected chi connectivity index (χ1v) is 14.5. The Kier molecular flexibility index (Phi) is 10.0. The minimum atomic E-state index is -0.372. The summed E-state index contributed by atoms with van der Waals surface area (Å²) in [4.78, 5) is 43.0. The minimum Gasteiger partial charge on any atom is -0.493 e. The fraction of sp³-hybridized carbons (Fsp3) is 0.303. The Morgan fingerprint density at radius 1 is 0.907 bits per heavy atom. The number of imidazole rings is 1. The topological polar surface area (TPSA) is 107 Å². The quantitative estimate of drug-likeness (QED) is 0.248. The van der Waals surface area contributed by atoms with Crippen LogP contribution in [0.4, 0.5) is 0 Å². The van der Waals surface area contributed by atoms with E-state index in [2.05, 4.69) is 10.6 Å². The van der Waals surface area contributed by atoms with E-state index in [0.29, 0.717) is 67.8 Å². The lowest BCUT2D eigenvalue weighted by Crippen LogP contribution is -2.47. The summed E-state index contributed by atoms with van der Waals surface area (Å²) in [7, 11) is 1.65. The smallest absolute Gasteiger partial charge is 0.333 e. The van der Waals surface area contributed by atoms with Crippen LogP contribution in [0.3, 0.4) is 0 Å². The lowest BCUT2D eigenvalue weighted by molar-refractivity contribution is 0.0725. The third-order valence-corrected chi connectivity index (χ3v) is 7.29. The van der Waals surface area contributed by atoms with E-state index in [1.54, 1.807) is 46.9 Å². The van der Waals surface area contributed by atoms with Crippen LogP contribution in [0.5, 0.6) is 5.75 Å². The number of ether oxygens (including phenoxy) is 2. The molecule has 10 heteroatoms. The predicted octanol–water partition coefficient (Wildman–Crippen LogP) is 3.20. The highest BCUT2D eigenvalue weighted by Gasteiger charge is 2.30. The van der Waals surface area contributed by atoms with Crippen molar-refractivity contribution in [1.82, 2.24) is 24.7 Å². The van der Waals surface area contributed by atoms with Crippen molar-refractivity contribution in [2.45, 2.75) is 13.0 Å². The first-order chi connectivity index (χ1) is 21.1. The van der Waals surface area contributed by atoms with Gasteiger partial charge in [-0.2, -0.15) is 0 Å². The molecule has 0 spiro atoms. The molecule has 0 unspecified atom stereocenters. The van der Waals surface area contributed by atoms with Gasteiger partial charge in [0.05, 0.1) is 18.0 Å². The van der Waals surface area contributed by atoms with Gasteiger partial charge >= 0.3 is 5.69 Å². The summed E-state index contributed by atoms with van der Waals surface area (Å²) in [6, 6.07) is 25.7. The second kappa shape index (κ2) is 14.5. The van der Waals surface area contributed by atoms with E-state index >= 15 is 0 Å². The Balaban J connectivity index is 1.58. The second-order valence-electron chi connectivity index (χ2n) is 10.2. The lowest BCUT2D eigenvalue weighted by Gasteiger charge is -2.28. The molecule has 1 aliphatic heterocycles. The van der Waals surface area contributed by atoms with Gasteiger partial charge in [0.2, 0.25) is 0 Å². The van der Waals surface area contributed by atoms with Crippen molar-refractivity contribution in [2.24, 2.45) is 0 Å². The lowest BCUT2D eigenvalue weighted by atomic mass is 10.1. The van der Waals surface area contributed by atoms with Crippen LogP contribution in [-0.2, 0) is 11.3 Å². The van der Waals surface area contributed by atoms with E-state index in [9.17, 15) is 14.4 Å². The molecule has 0 saturated carbocycles. The zero-order valence-corrected chi connectivity index (χ0v) is 24.3. The first-order valence-electron chi connectivity index (χ1n) is 14.5. The zero-order valence-electron chi connectivity index (χ0n) is 24.3. The van der Waals surface area contributed by atoms with E-state index in [1.807, 2.05) is 54.6 Å². The monoisotopic (exact) mass is 583 g/mol. The summed E-state index contributed by atoms with van der Waals surface area (Å²) in [5.41, 5.74) is 2.25. The average Bonchev–Trinajstić information content (AvgIpc) is 3.35. The number of benzene rings is 3. The fourth-order valence-corrected chi connectivity index (χ4v) is 5.17. The normalized spacial score (nSPS) is 13.1. The SMILES string of the molecule is COCCCOc1cccc(-n2c(-c3ccccc3)c(C(=O)N3CCNCC3)n(CCNC(=O)c3ccccc3)c2=O)c1. The van der Waals surface area contributed by atoms with Crippen molar-refractivity contribution in [3.8, 4) is 22.7 Å². The molecule has 43 heavy (non-hydrogen) atoms. The maximum absolute atomic E-state index is 14.3. The average molecular weight is 584 g/mol. The van der Waals surface area contributed by atoms with Crippen LogP contribution in [0.2, 0.25) is 0 Å². The number of nitrogens with zero attached hydrogens (tertiary/aromatic N) is 3. The number of methoxy groups -OCH3 is 1. The van der Waals surface area contributed by atoms with Crippen molar-refractivity contribution in [3.05, 3.63) is 107 Å². The molecule has 0 atom stereocenters. The third kappa shape index (κ3) is 7.04. The summed E-state index contributed by atoms with van der Waals surface area (Å²) in [5.74, 6) is 0.139. The van der Waals surface area contributed by atoms with Crippen LogP contribution in [-0.4, -0.2) is 78.9 Å². The van der Waals surface area contributed by atoms with Gasteiger partial charge in [0.25, 0.3) is 11.8 Å². The second-order valence-corrected chi connectivity index (χ2v) is 10.2. The van der Waals surface area contributed by atoms with Crippen LogP contribution in [0, 0.1) is 0 Å². The number of rotatable bonds is 12. The highest BCUT2D eigenvalue weighted by Crippen LogP contribution is 2.29. The van der Waals surface area contributed by atoms with E-state index < -0.39 is 0 Å². The Bertz CT molecular complexity index is 1580. The molecule has 2 amide bonds. The van der Waals surface area contributed by atoms with Gasteiger partial charge in [-0.3, -0.25) is 18.7 Å². The standard InChI is InChI=1S/C33H37N5O5/c1-42-22-9-23-43-28-15-8-14-27(24-28)38-29(25-10-4-2-5-11-25)30(32(40)36-19-16-34-17-20-36)37(33(38)41)21-18-35-31(39)26-12-6-3-7-13-26/h2-8,10-15,24,34H,9,16-23H2,1H3,(H,35,39). The van der Waals surface area contributed by atoms with Gasteiger partial charge in [0.15, 0.2) is 0 Å². The van der Waals surface area contributed by atoms with Crippen molar-refractivity contribution in [2.75, 3.05) is 53.0 Å². The molecule has 0 aliphatic carbocycles. The van der Waals surface area contributed by atoms with Crippen molar-refractivity contribution >= 4 is 11.8 Å². The van der Waals surface area contributed by atoms with Gasteiger partial charge in [-0.1, -0.05) is 54.6 Å². The number of carbonyl (C=O) groups excluding carboxylic acids is 2. The van der Waals surface area contributed by atoms with Crippen molar-refractivity contribution in [3.63, 3.8) is 0 Å². The van der Waals surface area contributed by atoms with E-state index in [-0.39, 0.29) is 30.6 Å². The van der Waals surface area contributed by atoms with Gasteiger partial charge in [0, 0.05) is 76.6 Å². The van der Waals surface area contributed by atoms with Crippen LogP contribution >= 0.6 is 0 Å². The molecule has 2 heterocycles. The molecule has 224 valence electrons. The Labute approximate surface area is 250 Å². The molecule has 1 aliphatic rings. The maximum Gasteiger partial charge on any atom is 0.333 e. The molecule has 0 radical (unpaired) electrons. The highest BCUT2D eigenvalue weighted by molar-refractivity contribution is 5.99. The highest BCUT2D eigenvalue weighted by atomic mass is 16.5. The molecular formula is C33H37N5O5. The Morgan fingerprint density at radius 2 is 1.63 bits per heavy atom. The van der Waals surface area contributed by atoms with E-state index in [1.165, 1.54) is 4.57 Å². The largest absolute Gasteiger partial charge is 0.493 e. The third-order valence-electron chi connectivity index (χ3n) is 7.29. The van der Waals surface area contributed by atoms with Gasteiger partial charge < -0.3 is 25.0 Å². The van der Waals surface area contributed by atoms with Crippen LogP contribution in [0.15, 0.2) is 89.7 Å². The Hall–Kier alpha value is -4.67. The van der Waals surface area contributed by atoms with Crippen LogP contribution in [0.25, 0.3) is 16.9 Å². The van der Waals surface area contributed by atoms with Crippen LogP contribution in [0.1, 0.15) is 27.3 Å². The molecule has 4 aromatic rings. The number of hydrogen-bond acceptors (Lipinski definition) is 6. The van der Waals surface area contributed by atoms with Crippen LogP contribution < -0.4 is 21.1 Å². The zero-order chi connectivity index (χ0) is 30.0. The number of aromatic nitrogens is 2. The van der Waals surface area contributed by atoms with Crippen molar-refractivity contribution in [1.29, 1.82) is 0 Å². The van der Waals surface area contributed by atoms with Crippen molar-refractivity contribution < 1.29 is 19.1 Å². The van der Waals surface area contributed by atoms with E-state index in [0.717, 1.165) is 12.0 Å². The first kappa shape index (κ1) is 29.8. The minimum absolute atomic E-state index is 0.116. The summed E-state index contributed by atoms with van der Waals surface area (Å²) >= 11 is 0. The number of amides is 2. The molecule has 2 N–H and O–H groups in total. The summed E-state index contributed by atoms with van der Waals surface area (Å²) in [5, 5.41) is 6.18. The number of hydrogen-bond donors (Lipinski definition) is 2. The molecule has 10 nitrogen and oxygen atoms in total. The summed E-state index contributed by atoms with van der Waals surface area (Å²) in [6.45, 7) is 3.73. The molecule has 1 saturated heterocycles. The number of piperazine rings is 1. The molecule has 3 aromatic carbocycles. The van der Waals surface area contributed by atoms with Gasteiger partial charge in [0.1, 0.15) is 11.4 Å². The number of carbonyl (C=O) groups is 2. The van der Waals surface area contributed by atoms with E-state index in [4.69, 9.17) is 9.47 Å². The Morgan fingerprint density at radius 3 is 2.35 bits per heavy atom. The fourth-order valence-electron chi connectivity index (χ4n) is 5.17. The molecule has 0 bridgehead atoms. The molecule has 5 rings (SSSR count). The van der Waals surface area contributed by atoms with Gasteiger partial charge in [-0.15, -0.1) is 0 Å². The van der Waals surface area contributed by atoms with Gasteiger partial charge in [-0.25, -0.2) is 4.79 Å². The molecule has 1 aromatic heterocycles. The summed E-state index contributed by atoms with van der Waals surface area (Å²) in [6.07, 6.45) is 0.727. The number of nitrogens with one attached hydrogen (secondary N) is 2. The van der Waals surface area contributed by atoms with Gasteiger partial charge in [-0.05, 0) is 24.3 Å². The maximum atomic E-state index is 14.3. The summed E-state index contributed by atoms with van der Waals surface area (Å²) < 4.78 is 14.1.